The number of anilines is 1. The van der Waals surface area contributed by atoms with Gasteiger partial charge in [-0.15, -0.1) is 11.8 Å². The minimum absolute atomic E-state index is 0.440. The monoisotopic (exact) mass is 237 g/mol. The maximum absolute atomic E-state index is 5.73. The first-order chi connectivity index (χ1) is 7.75. The third kappa shape index (κ3) is 3.16. The highest BCUT2D eigenvalue weighted by Crippen LogP contribution is 2.27. The number of ether oxygens (including phenoxy) is 1. The molecule has 0 spiro atoms. The summed E-state index contributed by atoms with van der Waals surface area (Å²) in [6.07, 6.45) is 4.19. The van der Waals surface area contributed by atoms with Gasteiger partial charge in [0.15, 0.2) is 0 Å². The first-order valence-electron chi connectivity index (χ1n) is 5.86. The molecular weight excluding hydrogens is 218 g/mol. The maximum Gasteiger partial charge on any atom is 0.0669 e. The summed E-state index contributed by atoms with van der Waals surface area (Å²) in [6.45, 7) is 3.05. The molecule has 1 fully saturated rings. The van der Waals surface area contributed by atoms with Gasteiger partial charge < -0.3 is 10.5 Å². The molecule has 1 aromatic rings. The summed E-state index contributed by atoms with van der Waals surface area (Å²) in [7, 11) is 0. The van der Waals surface area contributed by atoms with Crippen LogP contribution in [0.2, 0.25) is 0 Å². The van der Waals surface area contributed by atoms with Gasteiger partial charge in [-0.05, 0) is 49.9 Å². The summed E-state index contributed by atoms with van der Waals surface area (Å²) in [5.41, 5.74) is 7.84. The van der Waals surface area contributed by atoms with Crippen LogP contribution in [-0.4, -0.2) is 18.5 Å². The molecule has 1 saturated heterocycles. The van der Waals surface area contributed by atoms with Crippen molar-refractivity contribution in [2.24, 2.45) is 0 Å². The molecule has 88 valence electrons. The first kappa shape index (κ1) is 11.8. The number of aryl methyl sites for hydroxylation is 1. The molecule has 16 heavy (non-hydrogen) atoms. The Morgan fingerprint density at radius 2 is 2.31 bits per heavy atom. The van der Waals surface area contributed by atoms with Crippen molar-refractivity contribution >= 4 is 17.4 Å². The SMILES string of the molecule is Cc1cc(N)ccc1SCC1CCCCO1. The van der Waals surface area contributed by atoms with E-state index in [0.29, 0.717) is 6.10 Å². The van der Waals surface area contributed by atoms with Crippen LogP contribution in [0.25, 0.3) is 0 Å². The molecule has 0 saturated carbocycles. The number of hydrogen-bond donors (Lipinski definition) is 1. The second-order valence-electron chi connectivity index (χ2n) is 4.32. The zero-order valence-corrected chi connectivity index (χ0v) is 10.6. The molecule has 0 aromatic heterocycles. The number of benzene rings is 1. The van der Waals surface area contributed by atoms with E-state index in [9.17, 15) is 0 Å². The topological polar surface area (TPSA) is 35.2 Å². The second-order valence-corrected chi connectivity index (χ2v) is 5.39. The Kier molecular flexibility index (Phi) is 4.13. The smallest absolute Gasteiger partial charge is 0.0669 e. The quantitative estimate of drug-likeness (QED) is 0.647. The largest absolute Gasteiger partial charge is 0.399 e. The van der Waals surface area contributed by atoms with Crippen LogP contribution in [-0.2, 0) is 4.74 Å². The third-order valence-corrected chi connectivity index (χ3v) is 4.21. The summed E-state index contributed by atoms with van der Waals surface area (Å²) >= 11 is 1.88. The Hall–Kier alpha value is -0.670. The van der Waals surface area contributed by atoms with E-state index in [1.807, 2.05) is 23.9 Å². The molecule has 0 aliphatic carbocycles. The Labute approximate surface area is 102 Å². The van der Waals surface area contributed by atoms with Gasteiger partial charge in [-0.2, -0.15) is 0 Å². The molecule has 2 N–H and O–H groups in total. The van der Waals surface area contributed by atoms with E-state index >= 15 is 0 Å². The van der Waals surface area contributed by atoms with E-state index in [2.05, 4.69) is 13.0 Å². The van der Waals surface area contributed by atoms with Crippen molar-refractivity contribution in [3.05, 3.63) is 23.8 Å². The summed E-state index contributed by atoms with van der Waals surface area (Å²) in [4.78, 5) is 1.32. The molecule has 1 heterocycles. The van der Waals surface area contributed by atoms with Gasteiger partial charge in [0.05, 0.1) is 6.10 Å². The lowest BCUT2D eigenvalue weighted by Crippen LogP contribution is -2.21. The van der Waals surface area contributed by atoms with Crippen molar-refractivity contribution in [1.29, 1.82) is 0 Å². The second kappa shape index (κ2) is 5.60. The summed E-state index contributed by atoms with van der Waals surface area (Å²) < 4.78 is 5.72. The fourth-order valence-corrected chi connectivity index (χ4v) is 3.04. The molecule has 1 aliphatic rings. The molecule has 2 nitrogen and oxygen atoms in total. The lowest BCUT2D eigenvalue weighted by atomic mass is 10.1. The minimum Gasteiger partial charge on any atom is -0.399 e. The van der Waals surface area contributed by atoms with Gasteiger partial charge >= 0.3 is 0 Å². The number of hydrogen-bond acceptors (Lipinski definition) is 3. The zero-order valence-electron chi connectivity index (χ0n) is 9.74. The third-order valence-electron chi connectivity index (χ3n) is 2.90. The van der Waals surface area contributed by atoms with Crippen LogP contribution in [0.15, 0.2) is 23.1 Å². The highest BCUT2D eigenvalue weighted by molar-refractivity contribution is 7.99. The molecule has 2 rings (SSSR count). The fraction of sp³-hybridized carbons (Fsp3) is 0.538. The predicted octanol–water partition coefficient (Wildman–Crippen LogP) is 3.24. The van der Waals surface area contributed by atoms with Crippen LogP contribution < -0.4 is 5.73 Å². The van der Waals surface area contributed by atoms with Crippen LogP contribution in [0.4, 0.5) is 5.69 Å². The Morgan fingerprint density at radius 3 is 3.00 bits per heavy atom. The van der Waals surface area contributed by atoms with Gasteiger partial charge in [0, 0.05) is 22.9 Å². The van der Waals surface area contributed by atoms with Crippen LogP contribution in [0, 0.1) is 6.92 Å². The van der Waals surface area contributed by atoms with Crippen molar-refractivity contribution in [3.63, 3.8) is 0 Å². The molecule has 1 aliphatic heterocycles. The van der Waals surface area contributed by atoms with Crippen molar-refractivity contribution in [3.8, 4) is 0 Å². The van der Waals surface area contributed by atoms with E-state index in [1.54, 1.807) is 0 Å². The average Bonchev–Trinajstić information content (AvgIpc) is 2.29. The van der Waals surface area contributed by atoms with Gasteiger partial charge in [-0.25, -0.2) is 0 Å². The predicted molar refractivity (Wildman–Crippen MR) is 69.9 cm³/mol. The van der Waals surface area contributed by atoms with E-state index < -0.39 is 0 Å². The van der Waals surface area contributed by atoms with E-state index in [4.69, 9.17) is 10.5 Å². The number of nitrogen functional groups attached to an aromatic ring is 1. The van der Waals surface area contributed by atoms with E-state index in [1.165, 1.54) is 29.7 Å². The molecule has 0 amide bonds. The van der Waals surface area contributed by atoms with Gasteiger partial charge in [-0.3, -0.25) is 0 Å². The standard InChI is InChI=1S/C13H19NOS/c1-10-8-11(14)5-6-13(10)16-9-12-4-2-3-7-15-12/h5-6,8,12H,2-4,7,9,14H2,1H3. The van der Waals surface area contributed by atoms with E-state index in [0.717, 1.165) is 18.0 Å². The average molecular weight is 237 g/mol. The molecular formula is C13H19NOS. The van der Waals surface area contributed by atoms with Crippen molar-refractivity contribution in [2.75, 3.05) is 18.1 Å². The van der Waals surface area contributed by atoms with Gasteiger partial charge in [0.2, 0.25) is 0 Å². The van der Waals surface area contributed by atoms with Crippen LogP contribution in [0.3, 0.4) is 0 Å². The van der Waals surface area contributed by atoms with Crippen LogP contribution in [0.1, 0.15) is 24.8 Å². The van der Waals surface area contributed by atoms with E-state index in [-0.39, 0.29) is 0 Å². The Morgan fingerprint density at radius 1 is 1.44 bits per heavy atom. The maximum atomic E-state index is 5.73. The number of nitrogens with two attached hydrogens (primary N) is 1. The van der Waals surface area contributed by atoms with Gasteiger partial charge in [-0.1, -0.05) is 0 Å². The van der Waals surface area contributed by atoms with Gasteiger partial charge in [0.1, 0.15) is 0 Å². The van der Waals surface area contributed by atoms with Gasteiger partial charge in [0.25, 0.3) is 0 Å². The highest BCUT2D eigenvalue weighted by atomic mass is 32.2. The summed E-state index contributed by atoms with van der Waals surface area (Å²) in [6, 6.07) is 6.11. The lowest BCUT2D eigenvalue weighted by Gasteiger charge is -2.22. The molecule has 1 atom stereocenters. The van der Waals surface area contributed by atoms with Crippen molar-refractivity contribution in [2.45, 2.75) is 37.2 Å². The molecule has 1 aromatic carbocycles. The number of thioether (sulfide) groups is 1. The summed E-state index contributed by atoms with van der Waals surface area (Å²) in [5, 5.41) is 0. The minimum atomic E-state index is 0.440. The Balaban J connectivity index is 1.88. The zero-order chi connectivity index (χ0) is 11.4. The highest BCUT2D eigenvalue weighted by Gasteiger charge is 2.14. The molecule has 3 heteroatoms. The molecule has 0 bridgehead atoms. The van der Waals surface area contributed by atoms with Crippen LogP contribution in [0.5, 0.6) is 0 Å². The normalized spacial score (nSPS) is 20.9. The van der Waals surface area contributed by atoms with Crippen molar-refractivity contribution < 1.29 is 4.74 Å². The Bertz CT molecular complexity index is 348. The number of rotatable bonds is 3. The van der Waals surface area contributed by atoms with Crippen LogP contribution >= 0.6 is 11.8 Å². The molecule has 1 unspecified atom stereocenters. The molecule has 0 radical (unpaired) electrons. The van der Waals surface area contributed by atoms with Crippen molar-refractivity contribution in [1.82, 2.24) is 0 Å². The lowest BCUT2D eigenvalue weighted by molar-refractivity contribution is 0.0315. The first-order valence-corrected chi connectivity index (χ1v) is 6.85. The summed E-state index contributed by atoms with van der Waals surface area (Å²) in [5.74, 6) is 1.06. The fourth-order valence-electron chi connectivity index (χ4n) is 1.96.